The quantitative estimate of drug-likeness (QED) is 0.927. The summed E-state index contributed by atoms with van der Waals surface area (Å²) in [5, 5.41) is 7.10. The Morgan fingerprint density at radius 3 is 2.75 bits per heavy atom. The maximum absolute atomic E-state index is 13.4. The van der Waals surface area contributed by atoms with Gasteiger partial charge in [-0.05, 0) is 12.6 Å². The van der Waals surface area contributed by atoms with Gasteiger partial charge < -0.3 is 9.84 Å². The molecule has 0 bridgehead atoms. The minimum atomic E-state index is -4.38. The van der Waals surface area contributed by atoms with Crippen molar-refractivity contribution in [2.75, 3.05) is 26.7 Å². The lowest BCUT2D eigenvalue weighted by Crippen LogP contribution is -2.44. The lowest BCUT2D eigenvalue weighted by Gasteiger charge is -2.30. The van der Waals surface area contributed by atoms with Crippen LogP contribution in [0.25, 0.3) is 0 Å². The second-order valence-corrected chi connectivity index (χ2v) is 5.96. The van der Waals surface area contributed by atoms with Crippen LogP contribution >= 0.6 is 0 Å². The summed E-state index contributed by atoms with van der Waals surface area (Å²) < 4.78 is 45.3. The smallest absolute Gasteiger partial charge is 0.339 e. The van der Waals surface area contributed by atoms with E-state index in [-0.39, 0.29) is 23.9 Å². The van der Waals surface area contributed by atoms with Crippen LogP contribution < -0.4 is 5.32 Å². The van der Waals surface area contributed by atoms with E-state index in [2.05, 4.69) is 20.4 Å². The molecule has 8 heteroatoms. The average Bonchev–Trinajstić information content (AvgIpc) is 3.01. The molecule has 2 heterocycles. The average molecular weight is 340 g/mol. The van der Waals surface area contributed by atoms with E-state index in [1.807, 2.05) is 7.05 Å². The first kappa shape index (κ1) is 16.9. The summed E-state index contributed by atoms with van der Waals surface area (Å²) in [7, 11) is 1.93. The highest BCUT2D eigenvalue weighted by Crippen LogP contribution is 2.37. The van der Waals surface area contributed by atoms with E-state index in [9.17, 15) is 13.2 Å². The van der Waals surface area contributed by atoms with Gasteiger partial charge in [0.05, 0.1) is 12.0 Å². The number of benzene rings is 1. The maximum atomic E-state index is 13.4. The van der Waals surface area contributed by atoms with E-state index in [4.69, 9.17) is 4.52 Å². The molecule has 2 aromatic rings. The molecule has 0 radical (unpaired) electrons. The van der Waals surface area contributed by atoms with Gasteiger partial charge in [0.25, 0.3) is 0 Å². The van der Waals surface area contributed by atoms with Crippen LogP contribution in [0.15, 0.2) is 34.9 Å². The van der Waals surface area contributed by atoms with E-state index in [0.717, 1.165) is 13.1 Å². The molecule has 1 fully saturated rings. The Hall–Kier alpha value is -1.93. The van der Waals surface area contributed by atoms with Crippen LogP contribution in [0.4, 0.5) is 13.2 Å². The second kappa shape index (κ2) is 6.90. The normalized spacial score (nSPS) is 20.9. The molecule has 1 aliphatic heterocycles. The Bertz CT molecular complexity index is 659. The van der Waals surface area contributed by atoms with Crippen molar-refractivity contribution >= 4 is 0 Å². The van der Waals surface area contributed by atoms with Gasteiger partial charge in [-0.2, -0.15) is 18.2 Å². The van der Waals surface area contributed by atoms with Crippen LogP contribution in [0.1, 0.15) is 29.2 Å². The number of hydrogen-bond acceptors (Lipinski definition) is 5. The topological polar surface area (TPSA) is 54.2 Å². The Kier molecular flexibility index (Phi) is 4.86. The highest BCUT2D eigenvalue weighted by Gasteiger charge is 2.42. The maximum Gasteiger partial charge on any atom is 0.396 e. The van der Waals surface area contributed by atoms with Gasteiger partial charge in [-0.25, -0.2) is 0 Å². The Morgan fingerprint density at radius 1 is 1.33 bits per heavy atom. The van der Waals surface area contributed by atoms with Gasteiger partial charge in [-0.15, -0.1) is 0 Å². The molecule has 1 saturated heterocycles. The van der Waals surface area contributed by atoms with Crippen LogP contribution in [-0.4, -0.2) is 47.9 Å². The predicted molar refractivity (Wildman–Crippen MR) is 81.5 cm³/mol. The molecular weight excluding hydrogens is 321 g/mol. The van der Waals surface area contributed by atoms with Gasteiger partial charge >= 0.3 is 6.18 Å². The summed E-state index contributed by atoms with van der Waals surface area (Å²) in [6, 6.07) is 7.72. The van der Waals surface area contributed by atoms with Gasteiger partial charge in [0.1, 0.15) is 0 Å². The lowest BCUT2D eigenvalue weighted by molar-refractivity contribution is -0.151. The van der Waals surface area contributed by atoms with Crippen molar-refractivity contribution in [1.29, 1.82) is 0 Å². The molecule has 2 unspecified atom stereocenters. The highest BCUT2D eigenvalue weighted by atomic mass is 19.4. The molecule has 2 atom stereocenters. The zero-order valence-corrected chi connectivity index (χ0v) is 13.3. The summed E-state index contributed by atoms with van der Waals surface area (Å²) in [6.45, 7) is 2.34. The molecule has 1 aliphatic rings. The number of aromatic nitrogens is 2. The van der Waals surface area contributed by atoms with Crippen LogP contribution in [0.3, 0.4) is 0 Å². The van der Waals surface area contributed by atoms with E-state index in [0.29, 0.717) is 12.4 Å². The molecule has 130 valence electrons. The summed E-state index contributed by atoms with van der Waals surface area (Å²) in [5.41, 5.74) is 0.196. The van der Waals surface area contributed by atoms with Crippen molar-refractivity contribution in [1.82, 2.24) is 20.4 Å². The van der Waals surface area contributed by atoms with Crippen molar-refractivity contribution < 1.29 is 17.7 Å². The van der Waals surface area contributed by atoms with E-state index in [1.165, 1.54) is 12.1 Å². The van der Waals surface area contributed by atoms with Crippen molar-refractivity contribution in [2.45, 2.75) is 24.6 Å². The van der Waals surface area contributed by atoms with Crippen molar-refractivity contribution in [3.8, 4) is 0 Å². The van der Waals surface area contributed by atoms with Gasteiger partial charge in [-0.3, -0.25) is 4.90 Å². The van der Waals surface area contributed by atoms with Crippen molar-refractivity contribution in [2.24, 2.45) is 0 Å². The summed E-state index contributed by atoms with van der Waals surface area (Å²) in [5.74, 6) is -1.22. The number of alkyl halides is 3. The summed E-state index contributed by atoms with van der Waals surface area (Å²) >= 11 is 0. The molecule has 0 spiro atoms. The zero-order chi connectivity index (χ0) is 17.2. The molecule has 0 amide bonds. The van der Waals surface area contributed by atoms with Gasteiger partial charge in [-0.1, -0.05) is 35.5 Å². The predicted octanol–water partition coefficient (Wildman–Crippen LogP) is 2.53. The van der Waals surface area contributed by atoms with Crippen LogP contribution in [0.2, 0.25) is 0 Å². The van der Waals surface area contributed by atoms with Crippen LogP contribution in [0, 0.1) is 0 Å². The third kappa shape index (κ3) is 3.76. The minimum absolute atomic E-state index is 0.00940. The standard InChI is InChI=1S/C16H19F3N4O/c1-23-8-7-20-10-13(23)15-21-14(24-22-15)9-12(16(17,18)19)11-5-3-2-4-6-11/h2-6,12-13,20H,7-10H2,1H3. The minimum Gasteiger partial charge on any atom is -0.339 e. The number of piperazine rings is 1. The fourth-order valence-corrected chi connectivity index (χ4v) is 2.86. The number of rotatable bonds is 4. The Balaban J connectivity index is 1.79. The van der Waals surface area contributed by atoms with E-state index < -0.39 is 12.1 Å². The SMILES string of the molecule is CN1CCNCC1c1noc(CC(c2ccccc2)C(F)(F)F)n1. The third-order valence-electron chi connectivity index (χ3n) is 4.27. The lowest BCUT2D eigenvalue weighted by atomic mass is 9.95. The van der Waals surface area contributed by atoms with Gasteiger partial charge in [0, 0.05) is 26.1 Å². The van der Waals surface area contributed by atoms with E-state index >= 15 is 0 Å². The zero-order valence-electron chi connectivity index (χ0n) is 13.3. The number of likely N-dealkylation sites (N-methyl/N-ethyl adjacent to an activating group) is 1. The first-order valence-electron chi connectivity index (χ1n) is 7.80. The second-order valence-electron chi connectivity index (χ2n) is 5.96. The van der Waals surface area contributed by atoms with Crippen molar-refractivity contribution in [3.63, 3.8) is 0 Å². The molecule has 1 N–H and O–H groups in total. The number of nitrogens with one attached hydrogen (secondary N) is 1. The molecule has 5 nitrogen and oxygen atoms in total. The fraction of sp³-hybridized carbons (Fsp3) is 0.500. The summed E-state index contributed by atoms with van der Waals surface area (Å²) in [4.78, 5) is 6.26. The monoisotopic (exact) mass is 340 g/mol. The number of nitrogens with zero attached hydrogens (tertiary/aromatic N) is 3. The molecular formula is C16H19F3N4O. The molecule has 0 saturated carbocycles. The molecule has 0 aliphatic carbocycles. The Morgan fingerprint density at radius 2 is 2.08 bits per heavy atom. The number of halogens is 3. The molecule has 1 aromatic carbocycles. The van der Waals surface area contributed by atoms with Crippen LogP contribution in [0.5, 0.6) is 0 Å². The highest BCUT2D eigenvalue weighted by molar-refractivity contribution is 5.22. The molecule has 24 heavy (non-hydrogen) atoms. The fourth-order valence-electron chi connectivity index (χ4n) is 2.86. The summed E-state index contributed by atoms with van der Waals surface area (Å²) in [6.07, 6.45) is -4.73. The van der Waals surface area contributed by atoms with Crippen molar-refractivity contribution in [3.05, 3.63) is 47.6 Å². The Labute approximate surface area is 137 Å². The third-order valence-corrected chi connectivity index (χ3v) is 4.27. The molecule has 3 rings (SSSR count). The first-order chi connectivity index (χ1) is 11.4. The first-order valence-corrected chi connectivity index (χ1v) is 7.80. The molecule has 1 aromatic heterocycles. The van der Waals surface area contributed by atoms with Gasteiger partial charge in [0.2, 0.25) is 5.89 Å². The van der Waals surface area contributed by atoms with E-state index in [1.54, 1.807) is 18.2 Å². The van der Waals surface area contributed by atoms with Gasteiger partial charge in [0.15, 0.2) is 5.82 Å². The van der Waals surface area contributed by atoms with Crippen LogP contribution in [-0.2, 0) is 6.42 Å². The largest absolute Gasteiger partial charge is 0.396 e. The number of hydrogen-bond donors (Lipinski definition) is 1.